The van der Waals surface area contributed by atoms with Crippen molar-refractivity contribution in [2.24, 2.45) is 15.9 Å². The van der Waals surface area contributed by atoms with Crippen LogP contribution in [0, 0.1) is 6.92 Å². The van der Waals surface area contributed by atoms with Crippen molar-refractivity contribution in [3.63, 3.8) is 0 Å². The van der Waals surface area contributed by atoms with Crippen molar-refractivity contribution in [2.75, 3.05) is 31.1 Å². The fourth-order valence-electron chi connectivity index (χ4n) is 2.99. The summed E-state index contributed by atoms with van der Waals surface area (Å²) in [6.07, 6.45) is 3.46. The van der Waals surface area contributed by atoms with Gasteiger partial charge in [-0.3, -0.25) is 0 Å². The number of anilines is 1. The van der Waals surface area contributed by atoms with Gasteiger partial charge in [0.2, 0.25) is 16.0 Å². The Morgan fingerprint density at radius 1 is 1.18 bits per heavy atom. The second-order valence-corrected chi connectivity index (χ2v) is 7.87. The third kappa shape index (κ3) is 5.52. The molecule has 0 bridgehead atoms. The molecule has 0 spiro atoms. The van der Waals surface area contributed by atoms with E-state index in [2.05, 4.69) is 19.9 Å². The van der Waals surface area contributed by atoms with Crippen LogP contribution in [-0.4, -0.2) is 55.4 Å². The van der Waals surface area contributed by atoms with Crippen LogP contribution < -0.4 is 15.8 Å². The van der Waals surface area contributed by atoms with Crippen LogP contribution in [-0.2, 0) is 16.6 Å². The highest BCUT2D eigenvalue weighted by atomic mass is 127. The second-order valence-electron chi connectivity index (χ2n) is 6.34. The summed E-state index contributed by atoms with van der Waals surface area (Å²) in [7, 11) is -3.71. The standard InChI is InChI=1S/C17H23N7O2S.HI/c1-13-11-14(3-4-15(13)27(19,25)26)12-22-16(18)23-7-9-24(10-8-23)17-20-5-2-6-21-17;/h2-6,11H,7-10,12H2,1H3,(H2,18,22)(H2,19,25,26);1H. The maximum atomic E-state index is 11.5. The first-order valence-electron chi connectivity index (χ1n) is 8.54. The number of aryl methyl sites for hydroxylation is 1. The first-order chi connectivity index (χ1) is 12.8. The monoisotopic (exact) mass is 517 g/mol. The van der Waals surface area contributed by atoms with E-state index >= 15 is 0 Å². The molecule has 2 heterocycles. The first-order valence-corrected chi connectivity index (χ1v) is 10.1. The highest BCUT2D eigenvalue weighted by Gasteiger charge is 2.20. The van der Waals surface area contributed by atoms with Crippen LogP contribution in [0.3, 0.4) is 0 Å². The zero-order valence-corrected chi connectivity index (χ0v) is 18.7. The summed E-state index contributed by atoms with van der Waals surface area (Å²) >= 11 is 0. The summed E-state index contributed by atoms with van der Waals surface area (Å²) in [5.74, 6) is 1.19. The molecule has 1 aromatic heterocycles. The van der Waals surface area contributed by atoms with E-state index in [-0.39, 0.29) is 28.9 Å². The van der Waals surface area contributed by atoms with E-state index in [9.17, 15) is 8.42 Å². The number of primary sulfonamides is 1. The smallest absolute Gasteiger partial charge is 0.238 e. The molecule has 0 atom stereocenters. The Morgan fingerprint density at radius 2 is 1.82 bits per heavy atom. The fraction of sp³-hybridized carbons (Fsp3) is 0.353. The quantitative estimate of drug-likeness (QED) is 0.347. The van der Waals surface area contributed by atoms with Gasteiger partial charge in [0.15, 0.2) is 5.96 Å². The molecule has 0 unspecified atom stereocenters. The van der Waals surface area contributed by atoms with Gasteiger partial charge in [-0.25, -0.2) is 28.5 Å². The molecule has 0 saturated carbocycles. The number of guanidine groups is 1. The summed E-state index contributed by atoms with van der Waals surface area (Å²) in [5, 5.41) is 5.19. The molecule has 1 saturated heterocycles. The molecule has 3 rings (SSSR count). The Morgan fingerprint density at radius 3 is 2.39 bits per heavy atom. The molecular weight excluding hydrogens is 493 g/mol. The van der Waals surface area contributed by atoms with Crippen LogP contribution in [0.1, 0.15) is 11.1 Å². The average molecular weight is 517 g/mol. The van der Waals surface area contributed by atoms with E-state index in [1.54, 1.807) is 37.5 Å². The fourth-order valence-corrected chi connectivity index (χ4v) is 3.76. The molecule has 1 fully saturated rings. The van der Waals surface area contributed by atoms with Crippen LogP contribution in [0.2, 0.25) is 0 Å². The number of nitrogens with two attached hydrogens (primary N) is 2. The topological polar surface area (TPSA) is 131 Å². The Bertz CT molecular complexity index is 930. The van der Waals surface area contributed by atoms with Gasteiger partial charge in [0.05, 0.1) is 11.4 Å². The van der Waals surface area contributed by atoms with Crippen molar-refractivity contribution in [3.8, 4) is 0 Å². The zero-order valence-electron chi connectivity index (χ0n) is 15.5. The Balaban J connectivity index is 0.00000280. The summed E-state index contributed by atoms with van der Waals surface area (Å²) < 4.78 is 23.0. The zero-order chi connectivity index (χ0) is 19.4. The largest absolute Gasteiger partial charge is 0.370 e. The van der Waals surface area contributed by atoms with E-state index in [0.717, 1.165) is 37.7 Å². The van der Waals surface area contributed by atoms with Crippen molar-refractivity contribution < 1.29 is 8.42 Å². The maximum Gasteiger partial charge on any atom is 0.238 e. The number of sulfonamides is 1. The highest BCUT2D eigenvalue weighted by Crippen LogP contribution is 2.16. The van der Waals surface area contributed by atoms with E-state index in [0.29, 0.717) is 18.1 Å². The molecule has 1 aliphatic rings. The van der Waals surface area contributed by atoms with E-state index in [1.807, 2.05) is 4.90 Å². The molecule has 4 N–H and O–H groups in total. The third-order valence-corrected chi connectivity index (χ3v) is 5.48. The minimum Gasteiger partial charge on any atom is -0.370 e. The Kier molecular flexibility index (Phi) is 7.55. The van der Waals surface area contributed by atoms with Gasteiger partial charge < -0.3 is 15.5 Å². The number of hydrogen-bond acceptors (Lipinski definition) is 6. The number of aromatic nitrogens is 2. The predicted molar refractivity (Wildman–Crippen MR) is 119 cm³/mol. The molecule has 28 heavy (non-hydrogen) atoms. The van der Waals surface area contributed by atoms with E-state index in [4.69, 9.17) is 10.9 Å². The number of hydrogen-bond donors (Lipinski definition) is 2. The number of nitrogens with zero attached hydrogens (tertiary/aromatic N) is 5. The van der Waals surface area contributed by atoms with Crippen molar-refractivity contribution in [1.29, 1.82) is 0 Å². The molecule has 1 aliphatic heterocycles. The molecule has 9 nitrogen and oxygen atoms in total. The van der Waals surface area contributed by atoms with Gasteiger partial charge in [0.25, 0.3) is 0 Å². The number of aliphatic imine (C=N–C) groups is 1. The van der Waals surface area contributed by atoms with E-state index in [1.165, 1.54) is 6.07 Å². The second kappa shape index (κ2) is 9.47. The van der Waals surface area contributed by atoms with Gasteiger partial charge in [0.1, 0.15) is 0 Å². The van der Waals surface area contributed by atoms with Gasteiger partial charge >= 0.3 is 0 Å². The third-order valence-electron chi connectivity index (χ3n) is 4.41. The van der Waals surface area contributed by atoms with Gasteiger partial charge in [-0.2, -0.15) is 0 Å². The lowest BCUT2D eigenvalue weighted by molar-refractivity contribution is 0.378. The lowest BCUT2D eigenvalue weighted by Gasteiger charge is -2.35. The van der Waals surface area contributed by atoms with Gasteiger partial charge in [-0.1, -0.05) is 12.1 Å². The summed E-state index contributed by atoms with van der Waals surface area (Å²) in [6, 6.07) is 6.77. The summed E-state index contributed by atoms with van der Waals surface area (Å²) in [6.45, 7) is 5.08. The lowest BCUT2D eigenvalue weighted by Crippen LogP contribution is -2.51. The Labute approximate surface area is 181 Å². The van der Waals surface area contributed by atoms with Crippen molar-refractivity contribution in [2.45, 2.75) is 18.4 Å². The Hall–Kier alpha value is -1.99. The van der Waals surface area contributed by atoms with Crippen molar-refractivity contribution in [3.05, 3.63) is 47.8 Å². The lowest BCUT2D eigenvalue weighted by atomic mass is 10.1. The van der Waals surface area contributed by atoms with Crippen LogP contribution in [0.4, 0.5) is 5.95 Å². The number of benzene rings is 1. The van der Waals surface area contributed by atoms with Crippen LogP contribution in [0.15, 0.2) is 46.5 Å². The van der Waals surface area contributed by atoms with Gasteiger partial charge in [-0.05, 0) is 30.2 Å². The molecule has 0 radical (unpaired) electrons. The molecule has 0 aliphatic carbocycles. The van der Waals surface area contributed by atoms with Gasteiger partial charge in [-0.15, -0.1) is 24.0 Å². The molecule has 1 aromatic carbocycles. The SMILES string of the molecule is Cc1cc(CN=C(N)N2CCN(c3ncccn3)CC2)ccc1S(N)(=O)=O.I. The number of halogens is 1. The van der Waals surface area contributed by atoms with Crippen LogP contribution in [0.25, 0.3) is 0 Å². The molecule has 0 amide bonds. The van der Waals surface area contributed by atoms with Crippen molar-refractivity contribution in [1.82, 2.24) is 14.9 Å². The average Bonchev–Trinajstić information content (AvgIpc) is 2.66. The number of rotatable bonds is 4. The minimum absolute atomic E-state index is 0. The number of piperazine rings is 1. The molecular formula is C17H24IN7O2S. The first kappa shape index (κ1) is 22.3. The minimum atomic E-state index is -3.71. The summed E-state index contributed by atoms with van der Waals surface area (Å²) in [5.41, 5.74) is 7.60. The molecule has 11 heteroatoms. The summed E-state index contributed by atoms with van der Waals surface area (Å²) in [4.78, 5) is 17.2. The van der Waals surface area contributed by atoms with Crippen molar-refractivity contribution >= 4 is 45.9 Å². The maximum absolute atomic E-state index is 11.5. The molecule has 2 aromatic rings. The van der Waals surface area contributed by atoms with Crippen LogP contribution >= 0.6 is 24.0 Å². The molecule has 152 valence electrons. The predicted octanol–water partition coefficient (Wildman–Crippen LogP) is 0.687. The highest BCUT2D eigenvalue weighted by molar-refractivity contribution is 14.0. The van der Waals surface area contributed by atoms with Crippen LogP contribution in [0.5, 0.6) is 0 Å². The normalized spacial score (nSPS) is 15.3. The van der Waals surface area contributed by atoms with E-state index < -0.39 is 10.0 Å². The van der Waals surface area contributed by atoms with Gasteiger partial charge in [0, 0.05) is 38.6 Å².